The summed E-state index contributed by atoms with van der Waals surface area (Å²) in [4.78, 5) is 25.9. The number of carbonyl (C=O) groups excluding carboxylic acids is 1. The number of rotatable bonds is 5. The average Bonchev–Trinajstić information content (AvgIpc) is 2.67. The van der Waals surface area contributed by atoms with E-state index in [1.165, 1.54) is 0 Å². The fourth-order valence-corrected chi connectivity index (χ4v) is 2.85. The third kappa shape index (κ3) is 3.53. The van der Waals surface area contributed by atoms with Crippen molar-refractivity contribution >= 4 is 11.8 Å². The van der Waals surface area contributed by atoms with E-state index in [1.807, 2.05) is 54.6 Å². The van der Waals surface area contributed by atoms with E-state index in [0.717, 1.165) is 5.56 Å². The quantitative estimate of drug-likeness (QED) is 0.845. The summed E-state index contributed by atoms with van der Waals surface area (Å²) in [6.07, 6.45) is 5.27. The van der Waals surface area contributed by atoms with E-state index in [0.29, 0.717) is 11.1 Å². The third-order valence-electron chi connectivity index (χ3n) is 4.34. The second-order valence-corrected chi connectivity index (χ2v) is 5.97. The molecule has 0 bridgehead atoms. The summed E-state index contributed by atoms with van der Waals surface area (Å²) in [6, 6.07) is 18.0. The summed E-state index contributed by atoms with van der Waals surface area (Å²) >= 11 is 0. The van der Waals surface area contributed by atoms with Gasteiger partial charge in [-0.15, -0.1) is 0 Å². The van der Waals surface area contributed by atoms with Crippen LogP contribution in [0.15, 0.2) is 84.7 Å². The Balaban J connectivity index is 2.02. The van der Waals surface area contributed by atoms with Gasteiger partial charge in [-0.25, -0.2) is 4.79 Å². The normalized spacial score (nSPS) is 17.7. The summed E-state index contributed by atoms with van der Waals surface area (Å²) in [5, 5.41) is 9.27. The number of hydrogen-bond acceptors (Lipinski definition) is 3. The molecule has 1 N–H and O–H groups in total. The number of benzene rings is 2. The predicted octanol–water partition coefficient (Wildman–Crippen LogP) is 3.84. The van der Waals surface area contributed by atoms with E-state index in [4.69, 9.17) is 0 Å². The molecule has 126 valence electrons. The lowest BCUT2D eigenvalue weighted by atomic mass is 9.85. The number of carbonyl (C=O) groups is 2. The van der Waals surface area contributed by atoms with Gasteiger partial charge in [-0.05, 0) is 12.5 Å². The molecule has 2 aromatic carbocycles. The highest BCUT2D eigenvalue weighted by Gasteiger charge is 2.28. The highest BCUT2D eigenvalue weighted by Crippen LogP contribution is 2.32. The zero-order valence-corrected chi connectivity index (χ0v) is 13.9. The van der Waals surface area contributed by atoms with Crippen LogP contribution < -0.4 is 0 Å². The Morgan fingerprint density at radius 1 is 1.00 bits per heavy atom. The van der Waals surface area contributed by atoms with Gasteiger partial charge >= 0.3 is 5.97 Å². The number of nitrogens with zero attached hydrogens (tertiary/aromatic N) is 1. The van der Waals surface area contributed by atoms with E-state index in [2.05, 4.69) is 0 Å². The van der Waals surface area contributed by atoms with Crippen LogP contribution in [0, 0.1) is 0 Å². The topological polar surface area (TPSA) is 57.6 Å². The highest BCUT2D eigenvalue weighted by molar-refractivity contribution is 6.10. The Kier molecular flexibility index (Phi) is 4.80. The first-order valence-electron chi connectivity index (χ1n) is 8.13. The predicted molar refractivity (Wildman–Crippen MR) is 96.1 cm³/mol. The third-order valence-corrected chi connectivity index (χ3v) is 4.34. The minimum atomic E-state index is -0.939. The van der Waals surface area contributed by atoms with Gasteiger partial charge in [0.2, 0.25) is 0 Å². The standard InChI is InChI=1S/C21H19NO3/c1-15(21(24)25)22-13-12-18(16-8-4-2-5-9-16)19(14-22)20(23)17-10-6-3-7-11-17/h2-15,18H,1H3,(H,24,25). The molecule has 1 aliphatic rings. The van der Waals surface area contributed by atoms with Crippen LogP contribution in [0.25, 0.3) is 0 Å². The van der Waals surface area contributed by atoms with Gasteiger partial charge in [0.1, 0.15) is 6.04 Å². The maximum atomic E-state index is 13.0. The number of Topliss-reactive ketones (excluding diaryl/α,β-unsaturated/α-hetero) is 1. The molecule has 2 aromatic rings. The monoisotopic (exact) mass is 333 g/mol. The fourth-order valence-electron chi connectivity index (χ4n) is 2.85. The second-order valence-electron chi connectivity index (χ2n) is 5.97. The molecule has 3 rings (SSSR count). The molecule has 2 unspecified atom stereocenters. The van der Waals surface area contributed by atoms with Crippen molar-refractivity contribution in [1.82, 2.24) is 4.90 Å². The Hall–Kier alpha value is -3.14. The van der Waals surface area contributed by atoms with Crippen LogP contribution in [0.1, 0.15) is 28.8 Å². The van der Waals surface area contributed by atoms with E-state index in [-0.39, 0.29) is 11.7 Å². The van der Waals surface area contributed by atoms with Gasteiger partial charge < -0.3 is 10.0 Å². The minimum Gasteiger partial charge on any atom is -0.480 e. The smallest absolute Gasteiger partial charge is 0.326 e. The first-order valence-corrected chi connectivity index (χ1v) is 8.13. The molecule has 25 heavy (non-hydrogen) atoms. The van der Waals surface area contributed by atoms with Gasteiger partial charge in [0, 0.05) is 29.5 Å². The van der Waals surface area contributed by atoms with Gasteiger partial charge in [-0.2, -0.15) is 0 Å². The number of carboxylic acid groups (broad SMARTS) is 1. The molecule has 2 atom stereocenters. The number of carboxylic acids is 1. The van der Waals surface area contributed by atoms with Gasteiger partial charge in [-0.3, -0.25) is 4.79 Å². The Labute approximate surface area is 146 Å². The fraction of sp³-hybridized carbons (Fsp3) is 0.143. The van der Waals surface area contributed by atoms with Crippen molar-refractivity contribution in [2.45, 2.75) is 18.9 Å². The van der Waals surface area contributed by atoms with Gasteiger partial charge in [-0.1, -0.05) is 66.7 Å². The van der Waals surface area contributed by atoms with Gasteiger partial charge in [0.05, 0.1) is 0 Å². The van der Waals surface area contributed by atoms with Crippen molar-refractivity contribution in [3.8, 4) is 0 Å². The Morgan fingerprint density at radius 3 is 2.20 bits per heavy atom. The molecular weight excluding hydrogens is 314 g/mol. The number of hydrogen-bond donors (Lipinski definition) is 1. The molecule has 0 saturated carbocycles. The molecule has 0 radical (unpaired) electrons. The van der Waals surface area contributed by atoms with Crippen LogP contribution in [-0.4, -0.2) is 27.8 Å². The molecule has 0 spiro atoms. The lowest BCUT2D eigenvalue weighted by Gasteiger charge is -2.29. The minimum absolute atomic E-state index is 0.0959. The lowest BCUT2D eigenvalue weighted by Crippen LogP contribution is -2.34. The summed E-state index contributed by atoms with van der Waals surface area (Å²) in [6.45, 7) is 1.59. The first-order chi connectivity index (χ1) is 12.1. The van der Waals surface area contributed by atoms with Crippen LogP contribution in [0.3, 0.4) is 0 Å². The SMILES string of the molecule is CC(C(=O)O)N1C=CC(c2ccccc2)C(C(=O)c2ccccc2)=C1. The molecule has 0 aliphatic carbocycles. The van der Waals surface area contributed by atoms with Crippen molar-refractivity contribution < 1.29 is 14.7 Å². The first kappa shape index (κ1) is 16.7. The van der Waals surface area contributed by atoms with Gasteiger partial charge in [0.25, 0.3) is 0 Å². The van der Waals surface area contributed by atoms with Crippen LogP contribution in [0.2, 0.25) is 0 Å². The van der Waals surface area contributed by atoms with Crippen LogP contribution >= 0.6 is 0 Å². The molecular formula is C21H19NO3. The van der Waals surface area contributed by atoms with Crippen LogP contribution in [0.5, 0.6) is 0 Å². The zero-order valence-electron chi connectivity index (χ0n) is 13.9. The maximum absolute atomic E-state index is 13.0. The van der Waals surface area contributed by atoms with Crippen LogP contribution in [0.4, 0.5) is 0 Å². The summed E-state index contributed by atoms with van der Waals surface area (Å²) < 4.78 is 0. The molecule has 4 nitrogen and oxygen atoms in total. The van der Waals surface area contributed by atoms with Crippen molar-refractivity contribution in [2.75, 3.05) is 0 Å². The van der Waals surface area contributed by atoms with Crippen molar-refractivity contribution in [1.29, 1.82) is 0 Å². The Bertz CT molecular complexity index is 825. The number of aliphatic carboxylic acids is 1. The Morgan fingerprint density at radius 2 is 1.60 bits per heavy atom. The van der Waals surface area contributed by atoms with E-state index in [1.54, 1.807) is 36.4 Å². The van der Waals surface area contributed by atoms with E-state index < -0.39 is 12.0 Å². The maximum Gasteiger partial charge on any atom is 0.326 e. The summed E-state index contributed by atoms with van der Waals surface area (Å²) in [7, 11) is 0. The van der Waals surface area contributed by atoms with E-state index >= 15 is 0 Å². The molecule has 0 fully saturated rings. The average molecular weight is 333 g/mol. The summed E-state index contributed by atoms with van der Waals surface area (Å²) in [5.74, 6) is -1.24. The zero-order chi connectivity index (χ0) is 17.8. The van der Waals surface area contributed by atoms with E-state index in [9.17, 15) is 14.7 Å². The number of ketones is 1. The van der Waals surface area contributed by atoms with Crippen LogP contribution in [-0.2, 0) is 4.79 Å². The largest absolute Gasteiger partial charge is 0.480 e. The lowest BCUT2D eigenvalue weighted by molar-refractivity contribution is -0.140. The van der Waals surface area contributed by atoms with Crippen molar-refractivity contribution in [3.05, 3.63) is 95.8 Å². The highest BCUT2D eigenvalue weighted by atomic mass is 16.4. The van der Waals surface area contributed by atoms with Crippen molar-refractivity contribution in [3.63, 3.8) is 0 Å². The molecule has 1 aliphatic heterocycles. The molecule has 0 saturated heterocycles. The van der Waals surface area contributed by atoms with Crippen molar-refractivity contribution in [2.24, 2.45) is 0 Å². The molecule has 0 aromatic heterocycles. The number of allylic oxidation sites excluding steroid dienone is 2. The van der Waals surface area contributed by atoms with Gasteiger partial charge in [0.15, 0.2) is 5.78 Å². The second kappa shape index (κ2) is 7.18. The molecule has 0 amide bonds. The molecule has 1 heterocycles. The molecule has 4 heteroatoms. The summed E-state index contributed by atoms with van der Waals surface area (Å²) in [5.41, 5.74) is 2.15.